The lowest BCUT2D eigenvalue weighted by atomic mass is 10.2. The highest BCUT2D eigenvalue weighted by Gasteiger charge is 2.00. The molecule has 1 aromatic heterocycles. The molecule has 0 amide bonds. The Bertz CT molecular complexity index is 451. The van der Waals surface area contributed by atoms with Crippen LogP contribution in [0.1, 0.15) is 5.56 Å². The second-order valence-electron chi connectivity index (χ2n) is 3.26. The molecular formula is C11H13N3O. The molecular weight excluding hydrogens is 190 g/mol. The van der Waals surface area contributed by atoms with E-state index in [4.69, 9.17) is 10.5 Å². The van der Waals surface area contributed by atoms with Crippen LogP contribution in [-0.4, -0.2) is 16.7 Å². The maximum Gasteiger partial charge on any atom is 0.200 e. The van der Waals surface area contributed by atoms with E-state index in [2.05, 4.69) is 4.98 Å². The highest BCUT2D eigenvalue weighted by Crippen LogP contribution is 2.14. The van der Waals surface area contributed by atoms with Crippen molar-refractivity contribution in [1.82, 2.24) is 9.55 Å². The lowest BCUT2D eigenvalue weighted by molar-refractivity contribution is 0.414. The maximum atomic E-state index is 5.68. The summed E-state index contributed by atoms with van der Waals surface area (Å²) in [5.41, 5.74) is 6.82. The number of imidazole rings is 1. The Morgan fingerprint density at radius 1 is 1.47 bits per heavy atom. The average Bonchev–Trinajstić information content (AvgIpc) is 2.65. The van der Waals surface area contributed by atoms with E-state index < -0.39 is 0 Å². The van der Waals surface area contributed by atoms with Gasteiger partial charge in [0.25, 0.3) is 0 Å². The molecule has 0 bridgehead atoms. The minimum Gasteiger partial charge on any atom is -0.497 e. The first-order valence-corrected chi connectivity index (χ1v) is 4.69. The van der Waals surface area contributed by atoms with E-state index in [0.29, 0.717) is 12.5 Å². The lowest BCUT2D eigenvalue weighted by Gasteiger charge is -2.06. The molecule has 0 saturated carbocycles. The third kappa shape index (κ3) is 2.10. The molecule has 78 valence electrons. The number of ether oxygens (including phenoxy) is 1. The quantitative estimate of drug-likeness (QED) is 0.822. The van der Waals surface area contributed by atoms with Crippen molar-refractivity contribution in [3.05, 3.63) is 42.2 Å². The summed E-state index contributed by atoms with van der Waals surface area (Å²) < 4.78 is 7.03. The summed E-state index contributed by atoms with van der Waals surface area (Å²) in [6.45, 7) is 0.711. The van der Waals surface area contributed by atoms with Crippen LogP contribution < -0.4 is 10.5 Å². The number of anilines is 1. The van der Waals surface area contributed by atoms with Crippen molar-refractivity contribution >= 4 is 5.95 Å². The number of nitrogens with zero attached hydrogens (tertiary/aromatic N) is 2. The van der Waals surface area contributed by atoms with E-state index >= 15 is 0 Å². The normalized spacial score (nSPS) is 10.2. The smallest absolute Gasteiger partial charge is 0.200 e. The zero-order valence-electron chi connectivity index (χ0n) is 8.55. The molecule has 4 heteroatoms. The first-order chi connectivity index (χ1) is 7.29. The lowest BCUT2D eigenvalue weighted by Crippen LogP contribution is -2.03. The number of rotatable bonds is 3. The Hall–Kier alpha value is -1.97. The summed E-state index contributed by atoms with van der Waals surface area (Å²) >= 11 is 0. The van der Waals surface area contributed by atoms with Gasteiger partial charge in [-0.2, -0.15) is 0 Å². The maximum absolute atomic E-state index is 5.68. The predicted molar refractivity (Wildman–Crippen MR) is 58.7 cm³/mol. The minimum absolute atomic E-state index is 0.526. The molecule has 15 heavy (non-hydrogen) atoms. The summed E-state index contributed by atoms with van der Waals surface area (Å²) in [5.74, 6) is 1.38. The fourth-order valence-electron chi connectivity index (χ4n) is 1.44. The first-order valence-electron chi connectivity index (χ1n) is 4.69. The topological polar surface area (TPSA) is 53.1 Å². The third-order valence-electron chi connectivity index (χ3n) is 2.23. The van der Waals surface area contributed by atoms with Crippen LogP contribution in [0.5, 0.6) is 5.75 Å². The van der Waals surface area contributed by atoms with E-state index in [1.807, 2.05) is 35.0 Å². The molecule has 4 nitrogen and oxygen atoms in total. The molecule has 2 rings (SSSR count). The van der Waals surface area contributed by atoms with Crippen molar-refractivity contribution in [3.63, 3.8) is 0 Å². The fraction of sp³-hybridized carbons (Fsp3) is 0.182. The fourth-order valence-corrected chi connectivity index (χ4v) is 1.44. The van der Waals surface area contributed by atoms with Gasteiger partial charge in [0.1, 0.15) is 5.75 Å². The zero-order chi connectivity index (χ0) is 10.7. The van der Waals surface area contributed by atoms with E-state index in [1.165, 1.54) is 0 Å². The van der Waals surface area contributed by atoms with Gasteiger partial charge in [0.05, 0.1) is 13.7 Å². The van der Waals surface area contributed by atoms with Gasteiger partial charge in [-0.3, -0.25) is 0 Å². The summed E-state index contributed by atoms with van der Waals surface area (Å²) in [4.78, 5) is 3.96. The van der Waals surface area contributed by atoms with Gasteiger partial charge in [0.2, 0.25) is 0 Å². The van der Waals surface area contributed by atoms with E-state index in [1.54, 1.807) is 13.3 Å². The molecule has 0 atom stereocenters. The number of nitrogen functional groups attached to an aromatic ring is 1. The minimum atomic E-state index is 0.526. The van der Waals surface area contributed by atoms with Crippen LogP contribution in [0.25, 0.3) is 0 Å². The standard InChI is InChI=1S/C11H13N3O/c1-15-10-4-2-3-9(7-10)8-14-6-5-13-11(14)12/h2-7H,8H2,1H3,(H2,12,13). The van der Waals surface area contributed by atoms with Gasteiger partial charge >= 0.3 is 0 Å². The van der Waals surface area contributed by atoms with Gasteiger partial charge in [-0.1, -0.05) is 12.1 Å². The van der Waals surface area contributed by atoms with Crippen LogP contribution in [0, 0.1) is 0 Å². The number of aromatic nitrogens is 2. The van der Waals surface area contributed by atoms with Crippen molar-refractivity contribution in [3.8, 4) is 5.75 Å². The molecule has 0 aliphatic rings. The molecule has 2 aromatic rings. The summed E-state index contributed by atoms with van der Waals surface area (Å²) in [5, 5.41) is 0. The Morgan fingerprint density at radius 3 is 3.00 bits per heavy atom. The molecule has 0 saturated heterocycles. The Morgan fingerprint density at radius 2 is 2.33 bits per heavy atom. The molecule has 0 fully saturated rings. The largest absolute Gasteiger partial charge is 0.497 e. The highest BCUT2D eigenvalue weighted by atomic mass is 16.5. The Labute approximate surface area is 88.3 Å². The van der Waals surface area contributed by atoms with E-state index in [-0.39, 0.29) is 0 Å². The molecule has 2 N–H and O–H groups in total. The zero-order valence-corrected chi connectivity index (χ0v) is 8.55. The van der Waals surface area contributed by atoms with Crippen LogP contribution in [-0.2, 0) is 6.54 Å². The average molecular weight is 203 g/mol. The number of benzene rings is 1. The summed E-state index contributed by atoms with van der Waals surface area (Å²) in [7, 11) is 1.66. The van der Waals surface area contributed by atoms with Crippen LogP contribution >= 0.6 is 0 Å². The number of nitrogens with two attached hydrogens (primary N) is 1. The second-order valence-corrected chi connectivity index (χ2v) is 3.26. The van der Waals surface area contributed by atoms with E-state index in [9.17, 15) is 0 Å². The van der Waals surface area contributed by atoms with Crippen molar-refractivity contribution < 1.29 is 4.74 Å². The predicted octanol–water partition coefficient (Wildman–Crippen LogP) is 1.52. The van der Waals surface area contributed by atoms with Crippen LogP contribution in [0.2, 0.25) is 0 Å². The van der Waals surface area contributed by atoms with Gasteiger partial charge in [-0.05, 0) is 17.7 Å². The van der Waals surface area contributed by atoms with Crippen LogP contribution in [0.4, 0.5) is 5.95 Å². The number of hydrogen-bond acceptors (Lipinski definition) is 3. The molecule has 0 spiro atoms. The van der Waals surface area contributed by atoms with E-state index in [0.717, 1.165) is 11.3 Å². The summed E-state index contributed by atoms with van der Waals surface area (Å²) in [6, 6.07) is 7.89. The summed E-state index contributed by atoms with van der Waals surface area (Å²) in [6.07, 6.45) is 3.55. The highest BCUT2D eigenvalue weighted by molar-refractivity contribution is 5.30. The molecule has 1 heterocycles. The number of methoxy groups -OCH3 is 1. The van der Waals surface area contributed by atoms with Crippen molar-refractivity contribution in [2.45, 2.75) is 6.54 Å². The number of hydrogen-bond donors (Lipinski definition) is 1. The molecule has 0 aliphatic heterocycles. The van der Waals surface area contributed by atoms with Gasteiger partial charge < -0.3 is 15.0 Å². The van der Waals surface area contributed by atoms with Crippen LogP contribution in [0.15, 0.2) is 36.7 Å². The monoisotopic (exact) mass is 203 g/mol. The van der Waals surface area contributed by atoms with Gasteiger partial charge in [0, 0.05) is 12.4 Å². The van der Waals surface area contributed by atoms with Crippen molar-refractivity contribution in [2.24, 2.45) is 0 Å². The van der Waals surface area contributed by atoms with Gasteiger partial charge in [-0.15, -0.1) is 0 Å². The molecule has 0 radical (unpaired) electrons. The van der Waals surface area contributed by atoms with Crippen molar-refractivity contribution in [1.29, 1.82) is 0 Å². The van der Waals surface area contributed by atoms with Gasteiger partial charge in [0.15, 0.2) is 5.95 Å². The first kappa shape index (κ1) is 9.58. The SMILES string of the molecule is COc1cccc(Cn2ccnc2N)c1. The second kappa shape index (κ2) is 4.04. The Kier molecular flexibility index (Phi) is 2.58. The van der Waals surface area contributed by atoms with Gasteiger partial charge in [-0.25, -0.2) is 4.98 Å². The Balaban J connectivity index is 2.21. The third-order valence-corrected chi connectivity index (χ3v) is 2.23. The molecule has 0 unspecified atom stereocenters. The molecule has 1 aromatic carbocycles. The van der Waals surface area contributed by atoms with Crippen molar-refractivity contribution in [2.75, 3.05) is 12.8 Å². The van der Waals surface area contributed by atoms with Crippen LogP contribution in [0.3, 0.4) is 0 Å². The molecule has 0 aliphatic carbocycles.